The predicted molar refractivity (Wildman–Crippen MR) is 55.2 cm³/mol. The molecule has 0 atom stereocenters. The van der Waals surface area contributed by atoms with Crippen LogP contribution in [0.15, 0.2) is 23.8 Å². The number of hydrogen-bond donors (Lipinski definition) is 0. The Balaban J connectivity index is 2.42. The van der Waals surface area contributed by atoms with Gasteiger partial charge in [0.05, 0.1) is 0 Å². The molecule has 0 aliphatic heterocycles. The van der Waals surface area contributed by atoms with Gasteiger partial charge in [0.15, 0.2) is 0 Å². The fourth-order valence-corrected chi connectivity index (χ4v) is 1.83. The lowest BCUT2D eigenvalue weighted by Gasteiger charge is -2.02. The zero-order valence-electron chi connectivity index (χ0n) is 8.23. The maximum atomic E-state index is 4.09. The highest BCUT2D eigenvalue weighted by Crippen LogP contribution is 2.22. The van der Waals surface area contributed by atoms with Crippen molar-refractivity contribution in [1.82, 2.24) is 0 Å². The first-order valence-electron chi connectivity index (χ1n) is 5.13. The maximum Gasteiger partial charge on any atom is -0.0317 e. The van der Waals surface area contributed by atoms with Crippen LogP contribution in [0.4, 0.5) is 0 Å². The molecule has 0 aromatic carbocycles. The topological polar surface area (TPSA) is 0 Å². The monoisotopic (exact) mass is 164 g/mol. The molecule has 0 unspecified atom stereocenters. The van der Waals surface area contributed by atoms with Gasteiger partial charge in [-0.15, -0.1) is 0 Å². The van der Waals surface area contributed by atoms with Gasteiger partial charge < -0.3 is 0 Å². The van der Waals surface area contributed by atoms with Gasteiger partial charge in [0.2, 0.25) is 0 Å². The maximum absolute atomic E-state index is 4.09. The van der Waals surface area contributed by atoms with Gasteiger partial charge in [-0.05, 0) is 51.9 Å². The summed E-state index contributed by atoms with van der Waals surface area (Å²) in [4.78, 5) is 0. The second-order valence-corrected chi connectivity index (χ2v) is 3.76. The second-order valence-electron chi connectivity index (χ2n) is 3.76. The predicted octanol–water partition coefficient (Wildman–Crippen LogP) is 4.23. The van der Waals surface area contributed by atoms with E-state index < -0.39 is 0 Å². The second kappa shape index (κ2) is 5.18. The van der Waals surface area contributed by atoms with E-state index in [1.807, 2.05) is 0 Å². The number of allylic oxidation sites excluding steroid dienone is 3. The average Bonchev–Trinajstić information content (AvgIpc) is 2.17. The van der Waals surface area contributed by atoms with Crippen LogP contribution in [-0.2, 0) is 0 Å². The molecular weight excluding hydrogens is 144 g/mol. The standard InChI is InChI=1S/C12H20/c1-3-12-9-5-4-7-11(2)8-6-10-12/h3H,2,4-10H2,1H3/b12-3+. The first-order valence-corrected chi connectivity index (χ1v) is 5.13. The lowest BCUT2D eigenvalue weighted by atomic mass is 10.0. The molecule has 68 valence electrons. The third kappa shape index (κ3) is 3.25. The van der Waals surface area contributed by atoms with Crippen molar-refractivity contribution in [3.05, 3.63) is 23.8 Å². The molecular formula is C12H20. The van der Waals surface area contributed by atoms with Crippen LogP contribution < -0.4 is 0 Å². The van der Waals surface area contributed by atoms with Crippen LogP contribution in [0.25, 0.3) is 0 Å². The van der Waals surface area contributed by atoms with Gasteiger partial charge >= 0.3 is 0 Å². The van der Waals surface area contributed by atoms with Crippen molar-refractivity contribution in [2.45, 2.75) is 51.9 Å². The SMILES string of the molecule is C=C1CCCC/C(=C\C)CCC1. The van der Waals surface area contributed by atoms with E-state index >= 15 is 0 Å². The van der Waals surface area contributed by atoms with Crippen LogP contribution >= 0.6 is 0 Å². The minimum atomic E-state index is 1.25. The summed E-state index contributed by atoms with van der Waals surface area (Å²) >= 11 is 0. The molecule has 0 heteroatoms. The van der Waals surface area contributed by atoms with Gasteiger partial charge in [-0.1, -0.05) is 23.8 Å². The van der Waals surface area contributed by atoms with E-state index in [0.717, 1.165) is 0 Å². The van der Waals surface area contributed by atoms with E-state index in [2.05, 4.69) is 19.6 Å². The molecule has 0 N–H and O–H groups in total. The highest BCUT2D eigenvalue weighted by molar-refractivity contribution is 5.03. The van der Waals surface area contributed by atoms with Crippen LogP contribution in [0.5, 0.6) is 0 Å². The lowest BCUT2D eigenvalue weighted by molar-refractivity contribution is 0.725. The third-order valence-electron chi connectivity index (χ3n) is 2.71. The van der Waals surface area contributed by atoms with Crippen molar-refractivity contribution in [3.8, 4) is 0 Å². The molecule has 12 heavy (non-hydrogen) atoms. The lowest BCUT2D eigenvalue weighted by Crippen LogP contribution is -1.82. The highest BCUT2D eigenvalue weighted by Gasteiger charge is 2.03. The van der Waals surface area contributed by atoms with E-state index in [4.69, 9.17) is 0 Å². The summed E-state index contributed by atoms with van der Waals surface area (Å²) in [6.07, 6.45) is 11.5. The van der Waals surface area contributed by atoms with E-state index in [-0.39, 0.29) is 0 Å². The van der Waals surface area contributed by atoms with Gasteiger partial charge in [-0.2, -0.15) is 0 Å². The molecule has 0 aromatic heterocycles. The van der Waals surface area contributed by atoms with E-state index in [1.165, 1.54) is 50.5 Å². The van der Waals surface area contributed by atoms with Crippen LogP contribution in [0.3, 0.4) is 0 Å². The smallest absolute Gasteiger partial charge is 0.0317 e. The molecule has 0 heterocycles. The molecule has 0 saturated heterocycles. The largest absolute Gasteiger partial charge is 0.0999 e. The molecule has 1 fully saturated rings. The fourth-order valence-electron chi connectivity index (χ4n) is 1.83. The Morgan fingerprint density at radius 1 is 1.00 bits per heavy atom. The molecule has 1 rings (SSSR count). The summed E-state index contributed by atoms with van der Waals surface area (Å²) in [5.74, 6) is 0. The van der Waals surface area contributed by atoms with Gasteiger partial charge in [0.1, 0.15) is 0 Å². The Morgan fingerprint density at radius 3 is 2.33 bits per heavy atom. The molecule has 0 nitrogen and oxygen atoms in total. The molecule has 1 saturated carbocycles. The Hall–Kier alpha value is -0.520. The first kappa shape index (κ1) is 9.57. The normalized spacial score (nSPS) is 24.8. The van der Waals surface area contributed by atoms with Crippen LogP contribution in [-0.4, -0.2) is 0 Å². The first-order chi connectivity index (χ1) is 5.83. The van der Waals surface area contributed by atoms with Crippen molar-refractivity contribution in [2.75, 3.05) is 0 Å². The van der Waals surface area contributed by atoms with E-state index in [0.29, 0.717) is 0 Å². The fraction of sp³-hybridized carbons (Fsp3) is 0.667. The van der Waals surface area contributed by atoms with E-state index in [1.54, 1.807) is 5.57 Å². The van der Waals surface area contributed by atoms with Crippen LogP contribution in [0.1, 0.15) is 51.9 Å². The molecule has 0 amide bonds. The molecule has 0 spiro atoms. The Labute approximate surface area is 76.4 Å². The Morgan fingerprint density at radius 2 is 1.58 bits per heavy atom. The quantitative estimate of drug-likeness (QED) is 0.470. The van der Waals surface area contributed by atoms with Crippen LogP contribution in [0, 0.1) is 0 Å². The van der Waals surface area contributed by atoms with Gasteiger partial charge in [0, 0.05) is 0 Å². The third-order valence-corrected chi connectivity index (χ3v) is 2.71. The van der Waals surface area contributed by atoms with Crippen molar-refractivity contribution >= 4 is 0 Å². The molecule has 0 bridgehead atoms. The number of hydrogen-bond acceptors (Lipinski definition) is 0. The summed E-state index contributed by atoms with van der Waals surface area (Å²) in [6.45, 7) is 6.26. The van der Waals surface area contributed by atoms with Gasteiger partial charge in [0.25, 0.3) is 0 Å². The summed E-state index contributed by atoms with van der Waals surface area (Å²) in [5, 5.41) is 0. The summed E-state index contributed by atoms with van der Waals surface area (Å²) in [7, 11) is 0. The molecule has 0 aromatic rings. The van der Waals surface area contributed by atoms with Crippen LogP contribution in [0.2, 0.25) is 0 Å². The van der Waals surface area contributed by atoms with Crippen molar-refractivity contribution in [2.24, 2.45) is 0 Å². The molecule has 1 aliphatic rings. The zero-order chi connectivity index (χ0) is 8.81. The zero-order valence-corrected chi connectivity index (χ0v) is 8.23. The minimum Gasteiger partial charge on any atom is -0.0999 e. The van der Waals surface area contributed by atoms with Gasteiger partial charge in [-0.3, -0.25) is 0 Å². The van der Waals surface area contributed by atoms with Crippen molar-refractivity contribution < 1.29 is 0 Å². The van der Waals surface area contributed by atoms with Crippen molar-refractivity contribution in [3.63, 3.8) is 0 Å². The highest BCUT2D eigenvalue weighted by atomic mass is 14.1. The van der Waals surface area contributed by atoms with Crippen molar-refractivity contribution in [1.29, 1.82) is 0 Å². The Bertz CT molecular complexity index is 174. The minimum absolute atomic E-state index is 1.25. The average molecular weight is 164 g/mol. The van der Waals surface area contributed by atoms with E-state index in [9.17, 15) is 0 Å². The molecule has 1 aliphatic carbocycles. The molecule has 0 radical (unpaired) electrons. The van der Waals surface area contributed by atoms with Gasteiger partial charge in [-0.25, -0.2) is 0 Å². The summed E-state index contributed by atoms with van der Waals surface area (Å²) < 4.78 is 0. The summed E-state index contributed by atoms with van der Waals surface area (Å²) in [5.41, 5.74) is 3.12. The number of rotatable bonds is 0. The summed E-state index contributed by atoms with van der Waals surface area (Å²) in [6, 6.07) is 0. The Kier molecular flexibility index (Phi) is 4.13.